The average molecular weight is 898 g/mol. The van der Waals surface area contributed by atoms with Gasteiger partial charge in [-0.05, 0) is 44.9 Å². The standard InChI is InChI=1S/C53H105N2O6P/c1-6-8-10-12-14-16-18-20-22-24-25-26-27-28-29-31-33-35-37-39-41-43-45-47-53(57)54-51(50-61-62(58,59)60-49-48-55(3,4)5)52(56)46-44-42-40-38-36-34-32-30-23-21-19-17-15-13-11-9-7-2/h28-29,44,46,51-52,56H,6-27,30-43,45,47-50H2,1-5H3,(H-,54,57,58,59)/p+1/b29-28-,46-44+. The van der Waals surface area contributed by atoms with E-state index < -0.39 is 20.0 Å². The molecule has 0 saturated heterocycles. The Hall–Kier alpha value is -1.02. The minimum Gasteiger partial charge on any atom is -0.387 e. The molecule has 0 heterocycles. The maximum absolute atomic E-state index is 12.9. The smallest absolute Gasteiger partial charge is 0.387 e. The summed E-state index contributed by atoms with van der Waals surface area (Å²) in [6.07, 6.45) is 55.5. The molecule has 3 atom stereocenters. The number of likely N-dealkylation sites (N-methyl/N-ethyl adjacent to an activating group) is 1. The van der Waals surface area contributed by atoms with Gasteiger partial charge in [0.05, 0.1) is 39.9 Å². The highest BCUT2D eigenvalue weighted by Crippen LogP contribution is 2.43. The molecule has 0 aromatic heterocycles. The number of allylic oxidation sites excluding steroid dienone is 3. The van der Waals surface area contributed by atoms with E-state index in [2.05, 4.69) is 31.3 Å². The second-order valence-electron chi connectivity index (χ2n) is 19.6. The van der Waals surface area contributed by atoms with Crippen molar-refractivity contribution in [2.45, 2.75) is 270 Å². The molecule has 0 radical (unpaired) electrons. The highest BCUT2D eigenvalue weighted by molar-refractivity contribution is 7.47. The molecule has 0 aromatic carbocycles. The Balaban J connectivity index is 4.26. The van der Waals surface area contributed by atoms with E-state index in [0.717, 1.165) is 38.5 Å². The first kappa shape index (κ1) is 61.0. The van der Waals surface area contributed by atoms with Crippen LogP contribution in [0, 0.1) is 0 Å². The van der Waals surface area contributed by atoms with Crippen molar-refractivity contribution in [3.05, 3.63) is 24.3 Å². The van der Waals surface area contributed by atoms with Crippen molar-refractivity contribution in [1.29, 1.82) is 0 Å². The lowest BCUT2D eigenvalue weighted by Gasteiger charge is -2.25. The van der Waals surface area contributed by atoms with Crippen LogP contribution >= 0.6 is 7.82 Å². The molecule has 62 heavy (non-hydrogen) atoms. The van der Waals surface area contributed by atoms with Crippen LogP contribution < -0.4 is 5.32 Å². The monoisotopic (exact) mass is 898 g/mol. The number of amides is 1. The SMILES string of the molecule is CCCCCCCCCCCCCC/C=C\CCCCCCCCCC(=O)NC(COP(=O)(O)OCC[N+](C)(C)C)C(O)/C=C/CCCCCCCCCCCCCCCCC. The summed E-state index contributed by atoms with van der Waals surface area (Å²) in [5.74, 6) is -0.178. The van der Waals surface area contributed by atoms with Crippen molar-refractivity contribution in [2.75, 3.05) is 40.9 Å². The Kier molecular flexibility index (Phi) is 44.4. The molecule has 3 N–H and O–H groups in total. The molecule has 0 aromatic rings. The largest absolute Gasteiger partial charge is 0.472 e. The molecule has 0 spiro atoms. The van der Waals surface area contributed by atoms with E-state index in [1.165, 1.54) is 199 Å². The van der Waals surface area contributed by atoms with Gasteiger partial charge in [0.2, 0.25) is 5.91 Å². The Morgan fingerprint density at radius 3 is 1.24 bits per heavy atom. The fourth-order valence-corrected chi connectivity index (χ4v) is 8.66. The summed E-state index contributed by atoms with van der Waals surface area (Å²) >= 11 is 0. The Morgan fingerprint density at radius 1 is 0.532 bits per heavy atom. The summed E-state index contributed by atoms with van der Waals surface area (Å²) in [6.45, 7) is 4.84. The zero-order valence-corrected chi connectivity index (χ0v) is 42.8. The van der Waals surface area contributed by atoms with E-state index in [1.807, 2.05) is 27.2 Å². The van der Waals surface area contributed by atoms with Crippen molar-refractivity contribution >= 4 is 13.7 Å². The average Bonchev–Trinajstić information content (AvgIpc) is 3.23. The Morgan fingerprint density at radius 2 is 0.871 bits per heavy atom. The zero-order chi connectivity index (χ0) is 45.7. The van der Waals surface area contributed by atoms with Crippen molar-refractivity contribution in [2.24, 2.45) is 0 Å². The molecule has 0 bridgehead atoms. The van der Waals surface area contributed by atoms with Crippen LogP contribution in [0.3, 0.4) is 0 Å². The first-order chi connectivity index (χ1) is 30.0. The van der Waals surface area contributed by atoms with E-state index >= 15 is 0 Å². The van der Waals surface area contributed by atoms with E-state index in [1.54, 1.807) is 6.08 Å². The van der Waals surface area contributed by atoms with Crippen LogP contribution in [0.4, 0.5) is 0 Å². The molecule has 368 valence electrons. The van der Waals surface area contributed by atoms with Crippen LogP contribution in [0.1, 0.15) is 258 Å². The quantitative estimate of drug-likeness (QED) is 0.0243. The number of quaternary nitrogens is 1. The van der Waals surface area contributed by atoms with Crippen LogP contribution in [0.5, 0.6) is 0 Å². The van der Waals surface area contributed by atoms with Gasteiger partial charge in [-0.25, -0.2) is 4.57 Å². The van der Waals surface area contributed by atoms with Crippen LogP contribution in [0.2, 0.25) is 0 Å². The number of nitrogens with zero attached hydrogens (tertiary/aromatic N) is 1. The Bertz CT molecular complexity index is 1060. The van der Waals surface area contributed by atoms with Gasteiger partial charge in [0, 0.05) is 6.42 Å². The number of hydrogen-bond donors (Lipinski definition) is 3. The third kappa shape index (κ3) is 47.0. The van der Waals surface area contributed by atoms with Crippen LogP contribution in [-0.4, -0.2) is 73.4 Å². The molecular weight excluding hydrogens is 792 g/mol. The topological polar surface area (TPSA) is 105 Å². The number of rotatable bonds is 49. The molecule has 0 rings (SSSR count). The lowest BCUT2D eigenvalue weighted by atomic mass is 10.0. The van der Waals surface area contributed by atoms with Gasteiger partial charge in [-0.15, -0.1) is 0 Å². The third-order valence-corrected chi connectivity index (χ3v) is 13.1. The van der Waals surface area contributed by atoms with Gasteiger partial charge in [0.25, 0.3) is 0 Å². The number of nitrogens with one attached hydrogen (secondary N) is 1. The van der Waals surface area contributed by atoms with Crippen LogP contribution in [0.25, 0.3) is 0 Å². The maximum Gasteiger partial charge on any atom is 0.472 e. The van der Waals surface area contributed by atoms with Gasteiger partial charge < -0.3 is 19.8 Å². The minimum atomic E-state index is -4.34. The molecule has 0 fully saturated rings. The normalized spacial score (nSPS) is 14.2. The summed E-state index contributed by atoms with van der Waals surface area (Å²) in [6, 6.07) is -0.846. The minimum absolute atomic E-state index is 0.0621. The number of aliphatic hydroxyl groups is 1. The predicted molar refractivity (Wildman–Crippen MR) is 268 cm³/mol. The fraction of sp³-hybridized carbons (Fsp3) is 0.906. The predicted octanol–water partition coefficient (Wildman–Crippen LogP) is 15.6. The number of phosphoric ester groups is 1. The van der Waals surface area contributed by atoms with Crippen molar-refractivity contribution in [3.8, 4) is 0 Å². The summed E-state index contributed by atoms with van der Waals surface area (Å²) in [5.41, 5.74) is 0. The number of phosphoric acid groups is 1. The van der Waals surface area contributed by atoms with Gasteiger partial charge in [-0.3, -0.25) is 13.8 Å². The molecule has 0 aliphatic rings. The number of aliphatic hydroxyl groups excluding tert-OH is 1. The highest BCUT2D eigenvalue weighted by atomic mass is 31.2. The summed E-state index contributed by atoms with van der Waals surface area (Å²) in [4.78, 5) is 23.2. The number of carbonyl (C=O) groups is 1. The van der Waals surface area contributed by atoms with Gasteiger partial charge >= 0.3 is 7.82 Å². The number of hydrogen-bond acceptors (Lipinski definition) is 5. The molecule has 0 aliphatic heterocycles. The first-order valence-electron chi connectivity index (χ1n) is 26.7. The van der Waals surface area contributed by atoms with Gasteiger partial charge in [-0.1, -0.05) is 231 Å². The van der Waals surface area contributed by atoms with Crippen molar-refractivity contribution < 1.29 is 32.9 Å². The molecule has 0 saturated carbocycles. The van der Waals surface area contributed by atoms with E-state index in [-0.39, 0.29) is 19.1 Å². The van der Waals surface area contributed by atoms with Crippen molar-refractivity contribution in [1.82, 2.24) is 5.32 Å². The summed E-state index contributed by atoms with van der Waals surface area (Å²) in [7, 11) is 1.58. The molecule has 8 nitrogen and oxygen atoms in total. The lowest BCUT2D eigenvalue weighted by Crippen LogP contribution is -2.45. The second-order valence-corrected chi connectivity index (χ2v) is 21.1. The van der Waals surface area contributed by atoms with E-state index in [4.69, 9.17) is 9.05 Å². The van der Waals surface area contributed by atoms with Gasteiger partial charge in [0.1, 0.15) is 13.2 Å². The third-order valence-electron chi connectivity index (χ3n) is 12.2. The summed E-state index contributed by atoms with van der Waals surface area (Å²) < 4.78 is 23.7. The Labute approximate surface area is 385 Å². The molecule has 1 amide bonds. The van der Waals surface area contributed by atoms with Crippen LogP contribution in [-0.2, 0) is 18.4 Å². The zero-order valence-electron chi connectivity index (χ0n) is 41.9. The molecule has 3 unspecified atom stereocenters. The van der Waals surface area contributed by atoms with Crippen LogP contribution in [0.15, 0.2) is 24.3 Å². The first-order valence-corrected chi connectivity index (χ1v) is 28.2. The maximum atomic E-state index is 12.9. The second kappa shape index (κ2) is 45.1. The molecule has 0 aliphatic carbocycles. The molecular formula is C53H106N2O6P+. The van der Waals surface area contributed by atoms with Gasteiger partial charge in [-0.2, -0.15) is 0 Å². The lowest BCUT2D eigenvalue weighted by molar-refractivity contribution is -0.870. The number of carbonyl (C=O) groups excluding carboxylic acids is 1. The van der Waals surface area contributed by atoms with Crippen molar-refractivity contribution in [3.63, 3.8) is 0 Å². The summed E-state index contributed by atoms with van der Waals surface area (Å²) in [5, 5.41) is 13.9. The molecule has 9 heteroatoms. The van der Waals surface area contributed by atoms with Gasteiger partial charge in [0.15, 0.2) is 0 Å². The number of unbranched alkanes of at least 4 members (excludes halogenated alkanes) is 34. The van der Waals surface area contributed by atoms with E-state index in [0.29, 0.717) is 17.4 Å². The highest BCUT2D eigenvalue weighted by Gasteiger charge is 2.27. The van der Waals surface area contributed by atoms with E-state index in [9.17, 15) is 19.4 Å². The fourth-order valence-electron chi connectivity index (χ4n) is 7.92.